The van der Waals surface area contributed by atoms with Gasteiger partial charge in [0.25, 0.3) is 6.02 Å². The molecular formula is C12H13N3O2. The van der Waals surface area contributed by atoms with Crippen LogP contribution in [0.5, 0.6) is 0 Å². The van der Waals surface area contributed by atoms with Gasteiger partial charge < -0.3 is 15.8 Å². The number of hydrogen-bond acceptors (Lipinski definition) is 4. The van der Waals surface area contributed by atoms with Crippen LogP contribution in [-0.4, -0.2) is 11.9 Å². The maximum Gasteiger partial charge on any atom is 0.287 e. The minimum atomic E-state index is 0.102. The molecule has 3 N–H and O–H groups in total. The SMILES string of the molecule is NC1=Nc2ccc(NC(=O)C3CC3)cc2CO1. The lowest BCUT2D eigenvalue weighted by Crippen LogP contribution is -2.19. The Balaban J connectivity index is 1.81. The molecule has 17 heavy (non-hydrogen) atoms. The van der Waals surface area contributed by atoms with Crippen LogP contribution in [0.3, 0.4) is 0 Å². The zero-order valence-electron chi connectivity index (χ0n) is 9.27. The largest absolute Gasteiger partial charge is 0.460 e. The fourth-order valence-corrected chi connectivity index (χ4v) is 1.78. The van der Waals surface area contributed by atoms with Gasteiger partial charge in [-0.15, -0.1) is 0 Å². The smallest absolute Gasteiger partial charge is 0.287 e. The van der Waals surface area contributed by atoms with E-state index in [2.05, 4.69) is 10.3 Å². The highest BCUT2D eigenvalue weighted by Crippen LogP contribution is 2.31. The van der Waals surface area contributed by atoms with Crippen LogP contribution in [0.25, 0.3) is 0 Å². The van der Waals surface area contributed by atoms with Gasteiger partial charge in [0.2, 0.25) is 5.91 Å². The summed E-state index contributed by atoms with van der Waals surface area (Å²) in [5.74, 6) is 0.306. The molecule has 0 aromatic heterocycles. The number of carbonyl (C=O) groups is 1. The third-order valence-corrected chi connectivity index (χ3v) is 2.90. The number of anilines is 1. The number of amides is 1. The molecule has 1 fully saturated rings. The number of fused-ring (bicyclic) bond motifs is 1. The van der Waals surface area contributed by atoms with Crippen molar-refractivity contribution >= 4 is 23.3 Å². The topological polar surface area (TPSA) is 76.7 Å². The van der Waals surface area contributed by atoms with Crippen molar-refractivity contribution in [2.45, 2.75) is 19.4 Å². The monoisotopic (exact) mass is 231 g/mol. The van der Waals surface area contributed by atoms with Crippen LogP contribution in [-0.2, 0) is 16.1 Å². The van der Waals surface area contributed by atoms with E-state index in [1.165, 1.54) is 0 Å². The molecule has 2 aliphatic rings. The van der Waals surface area contributed by atoms with Crippen LogP contribution < -0.4 is 11.1 Å². The van der Waals surface area contributed by atoms with Crippen LogP contribution in [0.15, 0.2) is 23.2 Å². The van der Waals surface area contributed by atoms with Gasteiger partial charge in [0.15, 0.2) is 0 Å². The van der Waals surface area contributed by atoms with E-state index in [0.717, 1.165) is 29.8 Å². The first kappa shape index (κ1) is 10.1. The van der Waals surface area contributed by atoms with Crippen molar-refractivity contribution in [1.29, 1.82) is 0 Å². The molecule has 1 amide bonds. The maximum absolute atomic E-state index is 11.6. The zero-order chi connectivity index (χ0) is 11.8. The van der Waals surface area contributed by atoms with Crippen molar-refractivity contribution in [1.82, 2.24) is 0 Å². The Kier molecular flexibility index (Phi) is 2.24. The molecule has 0 radical (unpaired) electrons. The molecular weight excluding hydrogens is 218 g/mol. The second-order valence-electron chi connectivity index (χ2n) is 4.35. The first-order valence-corrected chi connectivity index (χ1v) is 5.63. The molecule has 1 aromatic rings. The van der Waals surface area contributed by atoms with E-state index in [4.69, 9.17) is 10.5 Å². The predicted octanol–water partition coefficient (Wildman–Crippen LogP) is 1.51. The van der Waals surface area contributed by atoms with Crippen LogP contribution in [0.4, 0.5) is 11.4 Å². The number of rotatable bonds is 2. The molecule has 3 rings (SSSR count). The molecule has 1 saturated carbocycles. The quantitative estimate of drug-likeness (QED) is 0.810. The van der Waals surface area contributed by atoms with E-state index >= 15 is 0 Å². The fraction of sp³-hybridized carbons (Fsp3) is 0.333. The van der Waals surface area contributed by atoms with Gasteiger partial charge in [-0.1, -0.05) is 0 Å². The molecule has 0 spiro atoms. The lowest BCUT2D eigenvalue weighted by atomic mass is 10.1. The van der Waals surface area contributed by atoms with Gasteiger partial charge in [-0.25, -0.2) is 0 Å². The van der Waals surface area contributed by atoms with Crippen molar-refractivity contribution in [3.8, 4) is 0 Å². The number of nitrogens with zero attached hydrogens (tertiary/aromatic N) is 1. The average molecular weight is 231 g/mol. The Morgan fingerprint density at radius 3 is 3.06 bits per heavy atom. The second-order valence-corrected chi connectivity index (χ2v) is 4.35. The van der Waals surface area contributed by atoms with Crippen LogP contribution in [0, 0.1) is 5.92 Å². The van der Waals surface area contributed by atoms with Gasteiger partial charge in [-0.2, -0.15) is 4.99 Å². The van der Waals surface area contributed by atoms with Gasteiger partial charge in [-0.05, 0) is 31.0 Å². The normalized spacial score (nSPS) is 17.8. The van der Waals surface area contributed by atoms with Gasteiger partial charge in [0.05, 0.1) is 5.69 Å². The Morgan fingerprint density at radius 2 is 2.29 bits per heavy atom. The number of aliphatic imine (C=N–C) groups is 1. The third kappa shape index (κ3) is 2.08. The summed E-state index contributed by atoms with van der Waals surface area (Å²) in [4.78, 5) is 15.7. The van der Waals surface area contributed by atoms with E-state index < -0.39 is 0 Å². The molecule has 88 valence electrons. The van der Waals surface area contributed by atoms with Gasteiger partial charge >= 0.3 is 0 Å². The summed E-state index contributed by atoms with van der Waals surface area (Å²) in [5.41, 5.74) is 8.01. The summed E-state index contributed by atoms with van der Waals surface area (Å²) in [6, 6.07) is 5.74. The van der Waals surface area contributed by atoms with Crippen molar-refractivity contribution in [2.75, 3.05) is 5.32 Å². The fourth-order valence-electron chi connectivity index (χ4n) is 1.78. The number of ether oxygens (including phenoxy) is 1. The van der Waals surface area contributed by atoms with Crippen molar-refractivity contribution in [2.24, 2.45) is 16.6 Å². The molecule has 0 unspecified atom stereocenters. The van der Waals surface area contributed by atoms with E-state index in [-0.39, 0.29) is 17.8 Å². The van der Waals surface area contributed by atoms with Gasteiger partial charge in [0, 0.05) is 17.2 Å². The van der Waals surface area contributed by atoms with E-state index in [9.17, 15) is 4.79 Å². The number of hydrogen-bond donors (Lipinski definition) is 2. The number of amidine groups is 1. The van der Waals surface area contributed by atoms with E-state index in [0.29, 0.717) is 6.61 Å². The number of nitrogens with one attached hydrogen (secondary N) is 1. The standard InChI is InChI=1S/C12H13N3O2/c13-12-15-10-4-3-9(5-8(10)6-17-12)14-11(16)7-1-2-7/h3-5,7H,1-2,6H2,(H2,13,15)(H,14,16). The van der Waals surface area contributed by atoms with E-state index in [1.54, 1.807) is 0 Å². The summed E-state index contributed by atoms with van der Waals surface area (Å²) in [7, 11) is 0. The molecule has 1 aliphatic heterocycles. The first-order chi connectivity index (χ1) is 8.22. The van der Waals surface area contributed by atoms with Crippen molar-refractivity contribution in [3.05, 3.63) is 23.8 Å². The van der Waals surface area contributed by atoms with Crippen LogP contribution in [0.1, 0.15) is 18.4 Å². The zero-order valence-corrected chi connectivity index (χ0v) is 9.27. The number of nitrogens with two attached hydrogens (primary N) is 1. The van der Waals surface area contributed by atoms with Gasteiger partial charge in [-0.3, -0.25) is 4.79 Å². The highest BCUT2D eigenvalue weighted by Gasteiger charge is 2.29. The third-order valence-electron chi connectivity index (χ3n) is 2.90. The Labute approximate surface area is 98.7 Å². The molecule has 1 aromatic carbocycles. The molecule has 0 bridgehead atoms. The number of carbonyl (C=O) groups excluding carboxylic acids is 1. The lowest BCUT2D eigenvalue weighted by molar-refractivity contribution is -0.117. The Bertz CT molecular complexity index is 506. The van der Waals surface area contributed by atoms with Crippen LogP contribution >= 0.6 is 0 Å². The molecule has 1 heterocycles. The minimum absolute atomic E-state index is 0.102. The highest BCUT2D eigenvalue weighted by molar-refractivity contribution is 5.94. The Hall–Kier alpha value is -2.04. The molecule has 5 nitrogen and oxygen atoms in total. The summed E-state index contributed by atoms with van der Waals surface area (Å²) in [5, 5.41) is 2.89. The number of benzene rings is 1. The maximum atomic E-state index is 11.6. The second kappa shape index (κ2) is 3.76. The van der Waals surface area contributed by atoms with Crippen LogP contribution in [0.2, 0.25) is 0 Å². The Morgan fingerprint density at radius 1 is 1.47 bits per heavy atom. The van der Waals surface area contributed by atoms with E-state index in [1.807, 2.05) is 18.2 Å². The lowest BCUT2D eigenvalue weighted by Gasteiger charge is -2.15. The first-order valence-electron chi connectivity index (χ1n) is 5.63. The molecule has 5 heteroatoms. The summed E-state index contributed by atoms with van der Waals surface area (Å²) >= 11 is 0. The summed E-state index contributed by atoms with van der Waals surface area (Å²) in [6.07, 6.45) is 2.00. The molecule has 1 aliphatic carbocycles. The minimum Gasteiger partial charge on any atom is -0.460 e. The molecule has 0 atom stereocenters. The molecule has 0 saturated heterocycles. The van der Waals surface area contributed by atoms with Crippen molar-refractivity contribution < 1.29 is 9.53 Å². The van der Waals surface area contributed by atoms with Gasteiger partial charge in [0.1, 0.15) is 6.61 Å². The predicted molar refractivity (Wildman–Crippen MR) is 63.9 cm³/mol. The summed E-state index contributed by atoms with van der Waals surface area (Å²) < 4.78 is 5.14. The van der Waals surface area contributed by atoms with Crippen molar-refractivity contribution in [3.63, 3.8) is 0 Å². The highest BCUT2D eigenvalue weighted by atomic mass is 16.5. The summed E-state index contributed by atoms with van der Waals surface area (Å²) in [6.45, 7) is 0.401. The average Bonchev–Trinajstić information content (AvgIpc) is 3.13.